The molecule has 0 fully saturated rings. The second-order valence-electron chi connectivity index (χ2n) is 20.4. The lowest BCUT2D eigenvalue weighted by molar-refractivity contribution is 0.660. The van der Waals surface area contributed by atoms with Crippen LogP contribution in [0.2, 0.25) is 0 Å². The van der Waals surface area contributed by atoms with Crippen molar-refractivity contribution in [1.29, 1.82) is 0 Å². The number of anilines is 3. The molecule has 0 atom stereocenters. The molecule has 0 heterocycles. The fourth-order valence-electron chi connectivity index (χ4n) is 12.3. The van der Waals surface area contributed by atoms with E-state index >= 15 is 0 Å². The van der Waals surface area contributed by atoms with Crippen LogP contribution in [0.1, 0.15) is 49.9 Å². The molecular formula is C70H53N. The summed E-state index contributed by atoms with van der Waals surface area (Å²) in [5, 5.41) is 2.50. The van der Waals surface area contributed by atoms with E-state index < -0.39 is 0 Å². The highest BCUT2D eigenvalue weighted by Crippen LogP contribution is 2.54. The molecule has 0 spiro atoms. The van der Waals surface area contributed by atoms with Gasteiger partial charge in [-0.2, -0.15) is 0 Å². The lowest BCUT2D eigenvalue weighted by Crippen LogP contribution is -2.16. The zero-order valence-electron chi connectivity index (χ0n) is 40.6. The minimum atomic E-state index is -0.126. The number of rotatable bonds is 8. The molecule has 0 saturated carbocycles. The summed E-state index contributed by atoms with van der Waals surface area (Å²) in [5.41, 5.74) is 26.2. The number of benzene rings is 11. The first-order chi connectivity index (χ1) is 34.8. The van der Waals surface area contributed by atoms with Gasteiger partial charge < -0.3 is 4.90 Å². The van der Waals surface area contributed by atoms with Crippen molar-refractivity contribution in [2.45, 2.75) is 38.5 Å². The second-order valence-corrected chi connectivity index (χ2v) is 20.4. The van der Waals surface area contributed by atoms with Crippen LogP contribution in [0.5, 0.6) is 0 Å². The monoisotopic (exact) mass is 907 g/mol. The minimum absolute atomic E-state index is 0.111. The van der Waals surface area contributed by atoms with Gasteiger partial charge in [-0.05, 0) is 142 Å². The van der Waals surface area contributed by atoms with Gasteiger partial charge in [-0.15, -0.1) is 0 Å². The Morgan fingerprint density at radius 1 is 0.268 bits per heavy atom. The van der Waals surface area contributed by atoms with Crippen LogP contribution in [0, 0.1) is 0 Å². The van der Waals surface area contributed by atoms with E-state index in [-0.39, 0.29) is 10.8 Å². The molecule has 0 saturated heterocycles. The van der Waals surface area contributed by atoms with Gasteiger partial charge in [0.2, 0.25) is 0 Å². The Balaban J connectivity index is 0.942. The molecule has 0 aliphatic heterocycles. The molecule has 11 aromatic rings. The first kappa shape index (κ1) is 42.6. The van der Waals surface area contributed by atoms with E-state index in [4.69, 9.17) is 0 Å². The van der Waals surface area contributed by atoms with E-state index in [9.17, 15) is 0 Å². The molecule has 338 valence electrons. The molecule has 11 aromatic carbocycles. The van der Waals surface area contributed by atoms with Crippen LogP contribution >= 0.6 is 0 Å². The Morgan fingerprint density at radius 2 is 0.690 bits per heavy atom. The van der Waals surface area contributed by atoms with Crippen molar-refractivity contribution >= 4 is 27.8 Å². The van der Waals surface area contributed by atoms with Gasteiger partial charge in [0.25, 0.3) is 0 Å². The average Bonchev–Trinajstić information content (AvgIpc) is 3.80. The lowest BCUT2D eigenvalue weighted by atomic mass is 9.78. The largest absolute Gasteiger partial charge is 0.310 e. The van der Waals surface area contributed by atoms with Crippen LogP contribution in [-0.2, 0) is 10.8 Å². The van der Waals surface area contributed by atoms with Gasteiger partial charge in [-0.1, -0.05) is 240 Å². The van der Waals surface area contributed by atoms with Gasteiger partial charge in [0.05, 0.1) is 5.69 Å². The highest BCUT2D eigenvalue weighted by molar-refractivity contribution is 6.06. The van der Waals surface area contributed by atoms with Crippen molar-refractivity contribution in [2.24, 2.45) is 0 Å². The van der Waals surface area contributed by atoms with Gasteiger partial charge in [0, 0.05) is 27.8 Å². The van der Waals surface area contributed by atoms with Crippen LogP contribution in [0.4, 0.5) is 17.1 Å². The standard InChI is InChI=1S/C70H53N/c1-69(2)63-32-13-10-26-58(63)60-44-39-50(45-65(60)69)54-24-12-15-34-66(54)71(52-42-37-48(38-43-52)56-29-17-22-49-21-16-28-55(67(49)56)46-19-6-5-7-20-46)51-40-35-47(36-41-51)53-23-8-9-25-57(53)61-30-18-31-62-59-27-11-14-33-64(59)70(3,4)68(61)62/h5-45H,1-4H3. The highest BCUT2D eigenvalue weighted by atomic mass is 15.1. The SMILES string of the molecule is CC1(C)c2ccccc2-c2ccc(-c3ccccc3N(c3ccc(-c4ccccc4-c4cccc5c4C(C)(C)c4ccccc4-5)cc3)c3ccc(-c4cccc5cccc(-c6ccccc6)c45)cc3)cc21. The maximum absolute atomic E-state index is 2.45. The molecule has 13 rings (SSSR count). The summed E-state index contributed by atoms with van der Waals surface area (Å²) < 4.78 is 0. The molecule has 1 nitrogen and oxygen atoms in total. The third-order valence-electron chi connectivity index (χ3n) is 15.7. The van der Waals surface area contributed by atoms with Crippen molar-refractivity contribution in [1.82, 2.24) is 0 Å². The minimum Gasteiger partial charge on any atom is -0.310 e. The maximum Gasteiger partial charge on any atom is 0.0540 e. The summed E-state index contributed by atoms with van der Waals surface area (Å²) in [6.07, 6.45) is 0. The Bertz CT molecular complexity index is 3850. The topological polar surface area (TPSA) is 3.24 Å². The summed E-state index contributed by atoms with van der Waals surface area (Å²) in [5.74, 6) is 0. The molecule has 1 heteroatoms. The molecule has 2 aliphatic rings. The van der Waals surface area contributed by atoms with E-state index in [0.717, 1.165) is 17.1 Å². The van der Waals surface area contributed by atoms with Crippen LogP contribution in [0.25, 0.3) is 88.7 Å². The maximum atomic E-state index is 2.45. The van der Waals surface area contributed by atoms with Crippen molar-refractivity contribution in [3.8, 4) is 77.9 Å². The van der Waals surface area contributed by atoms with Crippen LogP contribution in [0.3, 0.4) is 0 Å². The molecule has 0 aromatic heterocycles. The van der Waals surface area contributed by atoms with Gasteiger partial charge in [-0.3, -0.25) is 0 Å². The zero-order chi connectivity index (χ0) is 47.8. The first-order valence-electron chi connectivity index (χ1n) is 25.0. The van der Waals surface area contributed by atoms with E-state index in [0.29, 0.717) is 0 Å². The molecule has 0 radical (unpaired) electrons. The third kappa shape index (κ3) is 6.83. The predicted octanol–water partition coefficient (Wildman–Crippen LogP) is 19.3. The van der Waals surface area contributed by atoms with Crippen LogP contribution < -0.4 is 4.90 Å². The number of para-hydroxylation sites is 1. The Morgan fingerprint density at radius 3 is 1.34 bits per heavy atom. The fourth-order valence-corrected chi connectivity index (χ4v) is 12.3. The number of fused-ring (bicyclic) bond motifs is 7. The van der Waals surface area contributed by atoms with Gasteiger partial charge in [0.1, 0.15) is 0 Å². The molecular weight excluding hydrogens is 855 g/mol. The quantitative estimate of drug-likeness (QED) is 0.147. The Labute approximate surface area is 418 Å². The Hall–Kier alpha value is -8.52. The zero-order valence-corrected chi connectivity index (χ0v) is 40.6. The molecule has 0 unspecified atom stereocenters. The second kappa shape index (κ2) is 16.6. The van der Waals surface area contributed by atoms with Gasteiger partial charge in [-0.25, -0.2) is 0 Å². The number of hydrogen-bond acceptors (Lipinski definition) is 1. The van der Waals surface area contributed by atoms with E-state index in [1.807, 2.05) is 0 Å². The van der Waals surface area contributed by atoms with Gasteiger partial charge >= 0.3 is 0 Å². The summed E-state index contributed by atoms with van der Waals surface area (Å²) in [6.45, 7) is 9.49. The van der Waals surface area contributed by atoms with Crippen LogP contribution in [0.15, 0.2) is 249 Å². The number of nitrogens with zero attached hydrogens (tertiary/aromatic N) is 1. The van der Waals surface area contributed by atoms with Gasteiger partial charge in [0.15, 0.2) is 0 Å². The average molecular weight is 908 g/mol. The molecule has 2 aliphatic carbocycles. The van der Waals surface area contributed by atoms with E-state index in [2.05, 4.69) is 281 Å². The third-order valence-corrected chi connectivity index (χ3v) is 15.7. The summed E-state index contributed by atoms with van der Waals surface area (Å²) in [6, 6.07) is 92.2. The van der Waals surface area contributed by atoms with Crippen LogP contribution in [-0.4, -0.2) is 0 Å². The summed E-state index contributed by atoms with van der Waals surface area (Å²) in [7, 11) is 0. The fraction of sp³-hybridized carbons (Fsp3) is 0.0857. The van der Waals surface area contributed by atoms with E-state index in [1.165, 1.54) is 111 Å². The van der Waals surface area contributed by atoms with Crippen molar-refractivity contribution in [3.63, 3.8) is 0 Å². The van der Waals surface area contributed by atoms with Crippen molar-refractivity contribution in [2.75, 3.05) is 4.90 Å². The lowest BCUT2D eigenvalue weighted by Gasteiger charge is -2.29. The highest BCUT2D eigenvalue weighted by Gasteiger charge is 2.38. The van der Waals surface area contributed by atoms with E-state index in [1.54, 1.807) is 0 Å². The molecule has 0 amide bonds. The first-order valence-corrected chi connectivity index (χ1v) is 25.0. The summed E-state index contributed by atoms with van der Waals surface area (Å²) in [4.78, 5) is 2.45. The smallest absolute Gasteiger partial charge is 0.0540 e. The molecule has 0 N–H and O–H groups in total. The van der Waals surface area contributed by atoms with Crippen molar-refractivity contribution < 1.29 is 0 Å². The normalized spacial score (nSPS) is 13.6. The molecule has 0 bridgehead atoms. The van der Waals surface area contributed by atoms with Crippen molar-refractivity contribution in [3.05, 3.63) is 271 Å². The Kier molecular flexibility index (Phi) is 9.94. The number of hydrogen-bond donors (Lipinski definition) is 0. The molecule has 71 heavy (non-hydrogen) atoms. The predicted molar refractivity (Wildman–Crippen MR) is 301 cm³/mol. The summed E-state index contributed by atoms with van der Waals surface area (Å²) >= 11 is 0.